The molecule has 0 N–H and O–H groups in total. The average Bonchev–Trinajstić information content (AvgIpc) is 2.65. The van der Waals surface area contributed by atoms with E-state index in [-0.39, 0.29) is 11.9 Å². The monoisotopic (exact) mass is 332 g/mol. The van der Waals surface area contributed by atoms with E-state index in [2.05, 4.69) is 39.0 Å². The molecular weight excluding hydrogens is 308 g/mol. The van der Waals surface area contributed by atoms with Crippen LogP contribution in [0.2, 0.25) is 0 Å². The molecule has 25 heavy (non-hydrogen) atoms. The Morgan fingerprint density at radius 2 is 1.80 bits per heavy atom. The smallest absolute Gasteiger partial charge is 0.272 e. The fourth-order valence-corrected chi connectivity index (χ4v) is 3.01. The van der Waals surface area contributed by atoms with Gasteiger partial charge in [-0.15, -0.1) is 0 Å². The Bertz CT molecular complexity index is 917. The number of hydrogen-bond donors (Lipinski definition) is 0. The molecule has 0 saturated carbocycles. The summed E-state index contributed by atoms with van der Waals surface area (Å²) in [6.07, 6.45) is 0.917. The van der Waals surface area contributed by atoms with E-state index in [9.17, 15) is 4.79 Å². The van der Waals surface area contributed by atoms with Crippen molar-refractivity contribution in [3.8, 4) is 11.3 Å². The van der Waals surface area contributed by atoms with Crippen molar-refractivity contribution in [2.24, 2.45) is 0 Å². The van der Waals surface area contributed by atoms with Crippen molar-refractivity contribution in [2.75, 3.05) is 7.05 Å². The van der Waals surface area contributed by atoms with Crippen LogP contribution in [0, 0.1) is 6.92 Å². The Morgan fingerprint density at radius 3 is 2.52 bits per heavy atom. The van der Waals surface area contributed by atoms with Crippen molar-refractivity contribution in [1.82, 2.24) is 9.88 Å². The van der Waals surface area contributed by atoms with Crippen molar-refractivity contribution >= 4 is 16.7 Å². The van der Waals surface area contributed by atoms with E-state index in [0.29, 0.717) is 5.69 Å². The normalized spacial score (nSPS) is 12.2. The number of carbonyl (C=O) groups excluding carboxylic acids is 1. The summed E-state index contributed by atoms with van der Waals surface area (Å²) in [5, 5.41) is 2.11. The van der Waals surface area contributed by atoms with Gasteiger partial charge < -0.3 is 4.90 Å². The number of aromatic nitrogens is 1. The molecule has 0 bridgehead atoms. The van der Waals surface area contributed by atoms with E-state index >= 15 is 0 Å². The van der Waals surface area contributed by atoms with Crippen LogP contribution in [0.15, 0.2) is 54.6 Å². The highest BCUT2D eigenvalue weighted by Crippen LogP contribution is 2.30. The fraction of sp³-hybridized carbons (Fsp3) is 0.273. The summed E-state index contributed by atoms with van der Waals surface area (Å²) in [4.78, 5) is 19.5. The Kier molecular flexibility index (Phi) is 4.84. The third-order valence-electron chi connectivity index (χ3n) is 4.93. The second kappa shape index (κ2) is 7.06. The number of hydrogen-bond acceptors (Lipinski definition) is 2. The van der Waals surface area contributed by atoms with Crippen molar-refractivity contribution < 1.29 is 4.79 Å². The van der Waals surface area contributed by atoms with Crippen molar-refractivity contribution in [3.63, 3.8) is 0 Å². The molecule has 0 aliphatic carbocycles. The molecule has 2 aromatic carbocycles. The third kappa shape index (κ3) is 3.27. The maximum Gasteiger partial charge on any atom is 0.272 e. The van der Waals surface area contributed by atoms with E-state index in [0.717, 1.165) is 34.0 Å². The number of benzene rings is 2. The fourth-order valence-electron chi connectivity index (χ4n) is 3.01. The molecule has 3 nitrogen and oxygen atoms in total. The van der Waals surface area contributed by atoms with E-state index < -0.39 is 0 Å². The molecule has 3 rings (SSSR count). The van der Waals surface area contributed by atoms with Gasteiger partial charge in [-0.25, -0.2) is 4.98 Å². The topological polar surface area (TPSA) is 33.2 Å². The van der Waals surface area contributed by atoms with Gasteiger partial charge in [0.1, 0.15) is 5.69 Å². The van der Waals surface area contributed by atoms with E-state index in [1.165, 1.54) is 0 Å². The number of aryl methyl sites for hydroxylation is 1. The Balaban J connectivity index is 2.20. The van der Waals surface area contributed by atoms with Crippen molar-refractivity contribution in [3.05, 3.63) is 65.9 Å². The predicted molar refractivity (Wildman–Crippen MR) is 104 cm³/mol. The molecule has 0 saturated heterocycles. The first kappa shape index (κ1) is 17.2. The minimum Gasteiger partial charge on any atom is -0.338 e. The molecule has 1 amide bonds. The van der Waals surface area contributed by atoms with Crippen molar-refractivity contribution in [1.29, 1.82) is 0 Å². The Labute approximate surface area is 149 Å². The predicted octanol–water partition coefficient (Wildman–Crippen LogP) is 5.08. The van der Waals surface area contributed by atoms with Gasteiger partial charge in [0.2, 0.25) is 0 Å². The Hall–Kier alpha value is -2.68. The Morgan fingerprint density at radius 1 is 1.12 bits per heavy atom. The average molecular weight is 332 g/mol. The minimum absolute atomic E-state index is 0.0325. The van der Waals surface area contributed by atoms with Gasteiger partial charge in [-0.2, -0.15) is 0 Å². The third-order valence-corrected chi connectivity index (χ3v) is 4.93. The first-order chi connectivity index (χ1) is 12.0. The molecule has 1 aromatic heterocycles. The summed E-state index contributed by atoms with van der Waals surface area (Å²) in [6.45, 7) is 6.22. The van der Waals surface area contributed by atoms with Gasteiger partial charge >= 0.3 is 0 Å². The van der Waals surface area contributed by atoms with Crippen LogP contribution in [0.25, 0.3) is 22.0 Å². The van der Waals surface area contributed by atoms with Crippen LogP contribution >= 0.6 is 0 Å². The molecule has 128 valence electrons. The zero-order valence-electron chi connectivity index (χ0n) is 15.3. The highest BCUT2D eigenvalue weighted by Gasteiger charge is 2.20. The SMILES string of the molecule is CCC(C)N(C)C(=O)c1cc2ccccc2c(-c2ccccc2C)n1. The van der Waals surface area contributed by atoms with E-state index in [4.69, 9.17) is 4.98 Å². The van der Waals surface area contributed by atoms with Crippen LogP contribution in [0.1, 0.15) is 36.3 Å². The lowest BCUT2D eigenvalue weighted by Crippen LogP contribution is -2.35. The van der Waals surface area contributed by atoms with Gasteiger partial charge in [0, 0.05) is 24.0 Å². The van der Waals surface area contributed by atoms with Crippen LogP contribution in [-0.4, -0.2) is 28.9 Å². The highest BCUT2D eigenvalue weighted by molar-refractivity contribution is 6.01. The molecule has 0 spiro atoms. The largest absolute Gasteiger partial charge is 0.338 e. The molecule has 0 aliphatic rings. The molecule has 0 aliphatic heterocycles. The van der Waals surface area contributed by atoms with Gasteiger partial charge in [0.15, 0.2) is 0 Å². The number of pyridine rings is 1. The summed E-state index contributed by atoms with van der Waals surface area (Å²) in [6, 6.07) is 18.4. The summed E-state index contributed by atoms with van der Waals surface area (Å²) >= 11 is 0. The zero-order chi connectivity index (χ0) is 18.0. The lowest BCUT2D eigenvalue weighted by molar-refractivity contribution is 0.0735. The van der Waals surface area contributed by atoms with Gasteiger partial charge in [-0.3, -0.25) is 4.79 Å². The molecule has 0 radical (unpaired) electrons. The number of fused-ring (bicyclic) bond motifs is 1. The second-order valence-corrected chi connectivity index (χ2v) is 6.57. The lowest BCUT2D eigenvalue weighted by Gasteiger charge is -2.24. The quantitative estimate of drug-likeness (QED) is 0.667. The van der Waals surface area contributed by atoms with Gasteiger partial charge in [0.05, 0.1) is 5.69 Å². The maximum absolute atomic E-state index is 12.9. The minimum atomic E-state index is -0.0325. The molecule has 1 unspecified atom stereocenters. The van der Waals surface area contributed by atoms with Gasteiger partial charge in [-0.1, -0.05) is 55.5 Å². The summed E-state index contributed by atoms with van der Waals surface area (Å²) < 4.78 is 0. The zero-order valence-corrected chi connectivity index (χ0v) is 15.3. The molecular formula is C22H24N2O. The van der Waals surface area contributed by atoms with Crippen molar-refractivity contribution in [2.45, 2.75) is 33.2 Å². The number of nitrogens with zero attached hydrogens (tertiary/aromatic N) is 2. The maximum atomic E-state index is 12.9. The molecule has 1 heterocycles. The van der Waals surface area contributed by atoms with Crippen LogP contribution in [0.5, 0.6) is 0 Å². The van der Waals surface area contributed by atoms with E-state index in [1.807, 2.05) is 43.4 Å². The first-order valence-corrected chi connectivity index (χ1v) is 8.76. The molecule has 1 atom stereocenters. The molecule has 3 aromatic rings. The van der Waals surface area contributed by atoms with Crippen LogP contribution in [-0.2, 0) is 0 Å². The van der Waals surface area contributed by atoms with Gasteiger partial charge in [0.25, 0.3) is 5.91 Å². The van der Waals surface area contributed by atoms with E-state index in [1.54, 1.807) is 4.90 Å². The summed E-state index contributed by atoms with van der Waals surface area (Å²) in [5.74, 6) is -0.0325. The second-order valence-electron chi connectivity index (χ2n) is 6.57. The molecule has 3 heteroatoms. The van der Waals surface area contributed by atoms with Gasteiger partial charge in [-0.05, 0) is 37.3 Å². The summed E-state index contributed by atoms with van der Waals surface area (Å²) in [7, 11) is 1.85. The number of amides is 1. The molecule has 0 fully saturated rings. The number of rotatable bonds is 4. The van der Waals surface area contributed by atoms with Crippen LogP contribution in [0.4, 0.5) is 0 Å². The highest BCUT2D eigenvalue weighted by atomic mass is 16.2. The standard InChI is InChI=1S/C22H24N2O/c1-5-16(3)24(4)22(25)20-14-17-11-7-9-13-19(17)21(23-20)18-12-8-6-10-15(18)2/h6-14,16H,5H2,1-4H3. The lowest BCUT2D eigenvalue weighted by atomic mass is 9.99. The van der Waals surface area contributed by atoms with Crippen LogP contribution in [0.3, 0.4) is 0 Å². The summed E-state index contributed by atoms with van der Waals surface area (Å²) in [5.41, 5.74) is 3.59. The van der Waals surface area contributed by atoms with Crippen LogP contribution < -0.4 is 0 Å². The first-order valence-electron chi connectivity index (χ1n) is 8.76. The number of carbonyl (C=O) groups is 1.